The zero-order chi connectivity index (χ0) is 16.6. The molecule has 6 nitrogen and oxygen atoms in total. The molecule has 0 saturated heterocycles. The van der Waals surface area contributed by atoms with Crippen LogP contribution in [0.25, 0.3) is 16.7 Å². The van der Waals surface area contributed by atoms with Gasteiger partial charge in [0.1, 0.15) is 5.65 Å². The van der Waals surface area contributed by atoms with E-state index in [-0.39, 0.29) is 18.0 Å². The summed E-state index contributed by atoms with van der Waals surface area (Å²) in [6.45, 7) is 8.00. The molecule has 0 radical (unpaired) electrons. The van der Waals surface area contributed by atoms with E-state index in [0.29, 0.717) is 11.4 Å². The van der Waals surface area contributed by atoms with Crippen LogP contribution in [0.15, 0.2) is 35.1 Å². The second kappa shape index (κ2) is 5.87. The molecule has 0 aliphatic carbocycles. The highest BCUT2D eigenvalue weighted by atomic mass is 16.2. The first-order valence-corrected chi connectivity index (χ1v) is 7.79. The molecule has 2 aromatic rings. The molecule has 1 amide bonds. The summed E-state index contributed by atoms with van der Waals surface area (Å²) < 4.78 is 0. The number of pyridine rings is 1. The maximum Gasteiger partial charge on any atom is 0.280 e. The van der Waals surface area contributed by atoms with Gasteiger partial charge in [-0.2, -0.15) is 0 Å². The molecule has 1 aliphatic rings. The molecule has 0 bridgehead atoms. The average Bonchev–Trinajstić information content (AvgIpc) is 3.08. The molecule has 0 aromatic carbocycles. The standard InChI is InChI=1S/C17H21N5O/c1-10(2)20-14(15-17(23)22(9-19-15)11(3)4)13-8-12-6-5-7-18-16(12)21-13/h5-11,20H,1-4H3,(H,18,21)/b15-14+. The lowest BCUT2D eigenvalue weighted by molar-refractivity contribution is -0.123. The monoisotopic (exact) mass is 311 g/mol. The number of nitrogens with zero attached hydrogens (tertiary/aromatic N) is 3. The summed E-state index contributed by atoms with van der Waals surface area (Å²) >= 11 is 0. The second-order valence-corrected chi connectivity index (χ2v) is 6.20. The average molecular weight is 311 g/mol. The minimum absolute atomic E-state index is 0.0773. The zero-order valence-corrected chi connectivity index (χ0v) is 13.8. The fraction of sp³-hybridized carbons (Fsp3) is 0.353. The van der Waals surface area contributed by atoms with E-state index in [0.717, 1.165) is 16.7 Å². The van der Waals surface area contributed by atoms with Crippen LogP contribution in [-0.4, -0.2) is 39.2 Å². The van der Waals surface area contributed by atoms with Crippen molar-refractivity contribution in [2.75, 3.05) is 0 Å². The molecule has 3 heterocycles. The fourth-order valence-electron chi connectivity index (χ4n) is 2.54. The van der Waals surface area contributed by atoms with Crippen molar-refractivity contribution in [1.29, 1.82) is 0 Å². The van der Waals surface area contributed by atoms with Crippen molar-refractivity contribution < 1.29 is 4.79 Å². The van der Waals surface area contributed by atoms with Crippen molar-refractivity contribution >= 4 is 29.0 Å². The Morgan fingerprint density at radius 2 is 2.09 bits per heavy atom. The van der Waals surface area contributed by atoms with Gasteiger partial charge >= 0.3 is 0 Å². The van der Waals surface area contributed by atoms with E-state index in [4.69, 9.17) is 0 Å². The van der Waals surface area contributed by atoms with Gasteiger partial charge in [0.2, 0.25) is 0 Å². The number of fused-ring (bicyclic) bond motifs is 1. The number of aromatic nitrogens is 2. The summed E-state index contributed by atoms with van der Waals surface area (Å²) in [5.41, 5.74) is 2.75. The number of hydrogen-bond donors (Lipinski definition) is 2. The summed E-state index contributed by atoms with van der Waals surface area (Å²) in [6, 6.07) is 6.12. The lowest BCUT2D eigenvalue weighted by atomic mass is 10.2. The highest BCUT2D eigenvalue weighted by Gasteiger charge is 2.29. The third kappa shape index (κ3) is 2.84. The van der Waals surface area contributed by atoms with E-state index in [2.05, 4.69) is 20.3 Å². The van der Waals surface area contributed by atoms with Crippen molar-refractivity contribution in [3.8, 4) is 0 Å². The van der Waals surface area contributed by atoms with Crippen molar-refractivity contribution in [1.82, 2.24) is 20.2 Å². The predicted octanol–water partition coefficient (Wildman–Crippen LogP) is 2.51. The van der Waals surface area contributed by atoms with Gasteiger partial charge in [0.15, 0.2) is 5.70 Å². The summed E-state index contributed by atoms with van der Waals surface area (Å²) in [5, 5.41) is 4.35. The smallest absolute Gasteiger partial charge is 0.280 e. The van der Waals surface area contributed by atoms with Gasteiger partial charge in [-0.15, -0.1) is 0 Å². The molecule has 1 aliphatic heterocycles. The van der Waals surface area contributed by atoms with Gasteiger partial charge in [-0.1, -0.05) is 0 Å². The highest BCUT2D eigenvalue weighted by molar-refractivity contribution is 6.10. The number of carbonyl (C=O) groups is 1. The lowest BCUT2D eigenvalue weighted by Crippen LogP contribution is -2.33. The molecule has 2 N–H and O–H groups in total. The normalized spacial score (nSPS) is 17.0. The van der Waals surface area contributed by atoms with Gasteiger partial charge in [-0.05, 0) is 45.9 Å². The predicted molar refractivity (Wildman–Crippen MR) is 91.8 cm³/mol. The zero-order valence-electron chi connectivity index (χ0n) is 13.8. The van der Waals surface area contributed by atoms with E-state index < -0.39 is 0 Å². The molecule has 2 aromatic heterocycles. The molecule has 120 valence electrons. The number of rotatable bonds is 4. The Labute approximate surface area is 135 Å². The molecule has 0 spiro atoms. The van der Waals surface area contributed by atoms with Gasteiger partial charge in [0, 0.05) is 23.7 Å². The van der Waals surface area contributed by atoms with Gasteiger partial charge in [0.05, 0.1) is 17.7 Å². The van der Waals surface area contributed by atoms with Gasteiger partial charge < -0.3 is 10.3 Å². The third-order valence-electron chi connectivity index (χ3n) is 3.64. The Morgan fingerprint density at radius 3 is 2.70 bits per heavy atom. The molecule has 0 saturated carbocycles. The number of H-pyrrole nitrogens is 1. The van der Waals surface area contributed by atoms with E-state index >= 15 is 0 Å². The summed E-state index contributed by atoms with van der Waals surface area (Å²) in [4.78, 5) is 26.2. The Hall–Kier alpha value is -2.63. The Balaban J connectivity index is 2.10. The van der Waals surface area contributed by atoms with Crippen LogP contribution in [0.5, 0.6) is 0 Å². The minimum atomic E-state index is -0.0882. The van der Waals surface area contributed by atoms with E-state index in [1.807, 2.05) is 45.9 Å². The molecule has 6 heteroatoms. The lowest BCUT2D eigenvalue weighted by Gasteiger charge is -2.18. The first-order chi connectivity index (χ1) is 11.0. The van der Waals surface area contributed by atoms with Crippen molar-refractivity contribution in [3.63, 3.8) is 0 Å². The quantitative estimate of drug-likeness (QED) is 0.852. The topological polar surface area (TPSA) is 73.4 Å². The van der Waals surface area contributed by atoms with E-state index in [1.54, 1.807) is 17.4 Å². The number of aliphatic imine (C=N–C) groups is 1. The van der Waals surface area contributed by atoms with Gasteiger partial charge in [0.25, 0.3) is 5.91 Å². The molecular weight excluding hydrogens is 290 g/mol. The molecule has 0 fully saturated rings. The molecule has 0 atom stereocenters. The fourth-order valence-corrected chi connectivity index (χ4v) is 2.54. The highest BCUT2D eigenvalue weighted by Crippen LogP contribution is 2.25. The number of hydrogen-bond acceptors (Lipinski definition) is 4. The Morgan fingerprint density at radius 1 is 1.30 bits per heavy atom. The van der Waals surface area contributed by atoms with E-state index in [1.165, 1.54) is 0 Å². The minimum Gasteiger partial charge on any atom is -0.379 e. The number of nitrogens with one attached hydrogen (secondary N) is 2. The molecular formula is C17H21N5O. The van der Waals surface area contributed by atoms with Crippen LogP contribution in [-0.2, 0) is 4.79 Å². The first-order valence-electron chi connectivity index (χ1n) is 7.79. The van der Waals surface area contributed by atoms with Crippen LogP contribution in [0.1, 0.15) is 33.4 Å². The van der Waals surface area contributed by atoms with Crippen molar-refractivity contribution in [3.05, 3.63) is 35.8 Å². The largest absolute Gasteiger partial charge is 0.379 e. The third-order valence-corrected chi connectivity index (χ3v) is 3.64. The summed E-state index contributed by atoms with van der Waals surface area (Å²) in [5.74, 6) is -0.0882. The van der Waals surface area contributed by atoms with Crippen LogP contribution in [0.3, 0.4) is 0 Å². The first kappa shape index (κ1) is 15.3. The van der Waals surface area contributed by atoms with Crippen LogP contribution in [0.2, 0.25) is 0 Å². The van der Waals surface area contributed by atoms with E-state index in [9.17, 15) is 4.79 Å². The number of carbonyl (C=O) groups excluding carboxylic acids is 1. The molecule has 3 rings (SSSR count). The second-order valence-electron chi connectivity index (χ2n) is 6.20. The van der Waals surface area contributed by atoms with Crippen LogP contribution in [0, 0.1) is 0 Å². The van der Waals surface area contributed by atoms with Crippen LogP contribution >= 0.6 is 0 Å². The van der Waals surface area contributed by atoms with Crippen molar-refractivity contribution in [2.45, 2.75) is 39.8 Å². The Bertz CT molecular complexity index is 767. The van der Waals surface area contributed by atoms with Gasteiger partial charge in [-0.3, -0.25) is 9.69 Å². The number of amides is 1. The van der Waals surface area contributed by atoms with Crippen LogP contribution < -0.4 is 5.32 Å². The number of aromatic amines is 1. The molecule has 23 heavy (non-hydrogen) atoms. The van der Waals surface area contributed by atoms with Crippen LogP contribution in [0.4, 0.5) is 0 Å². The molecule has 0 unspecified atom stereocenters. The maximum atomic E-state index is 12.6. The summed E-state index contributed by atoms with van der Waals surface area (Å²) in [6.07, 6.45) is 3.34. The van der Waals surface area contributed by atoms with Gasteiger partial charge in [-0.25, -0.2) is 9.98 Å². The maximum absolute atomic E-state index is 12.6. The van der Waals surface area contributed by atoms with Crippen molar-refractivity contribution in [2.24, 2.45) is 4.99 Å². The summed E-state index contributed by atoms with van der Waals surface area (Å²) in [7, 11) is 0. The SMILES string of the molecule is CC(C)N/C(=C1/N=CN(C(C)C)C1=O)c1cc2cccnc2[nH]1. The Kier molecular flexibility index (Phi) is 3.90.